The normalized spacial score (nSPS) is 14.4. The van der Waals surface area contributed by atoms with Crippen LogP contribution in [0.25, 0.3) is 0 Å². The Labute approximate surface area is 280 Å². The highest BCUT2D eigenvalue weighted by molar-refractivity contribution is 5.94. The summed E-state index contributed by atoms with van der Waals surface area (Å²) in [5.41, 5.74) is 0.638. The van der Waals surface area contributed by atoms with E-state index < -0.39 is 65.9 Å². The summed E-state index contributed by atoms with van der Waals surface area (Å²) in [6.07, 6.45) is 0.593. The standard InChI is InChI=1S/C37H55N3O7/c1-24(2)16-19-26(4)40(33(43)30(23-41)39-35(45)47-37(8,9)10)31(28-20-17-25(3)18-21-28)32(42)38-29(34(44)46-36(5,6)7)22-27-14-12-11-13-15-27/h11-15,17-18,20-21,24,26,29-31,41H,16,19,22-23H2,1-10H3,(H,38,42)(H,39,45). The third-order valence-corrected chi connectivity index (χ3v) is 7.27. The highest BCUT2D eigenvalue weighted by atomic mass is 16.6. The maximum atomic E-state index is 14.5. The van der Waals surface area contributed by atoms with Crippen LogP contribution in [0.1, 0.15) is 97.9 Å². The van der Waals surface area contributed by atoms with Crippen LogP contribution in [0.5, 0.6) is 0 Å². The van der Waals surface area contributed by atoms with Crippen molar-refractivity contribution in [1.82, 2.24) is 15.5 Å². The van der Waals surface area contributed by atoms with Crippen molar-refractivity contribution in [3.8, 4) is 0 Å². The summed E-state index contributed by atoms with van der Waals surface area (Å²) < 4.78 is 11.1. The van der Waals surface area contributed by atoms with Gasteiger partial charge in [0, 0.05) is 12.5 Å². The number of nitrogens with one attached hydrogen (secondary N) is 2. The molecular formula is C37H55N3O7. The van der Waals surface area contributed by atoms with Gasteiger partial charge in [0.15, 0.2) is 0 Å². The van der Waals surface area contributed by atoms with E-state index in [-0.39, 0.29) is 6.42 Å². The highest BCUT2D eigenvalue weighted by Gasteiger charge is 2.40. The molecule has 10 heteroatoms. The fourth-order valence-corrected chi connectivity index (χ4v) is 4.98. The summed E-state index contributed by atoms with van der Waals surface area (Å²) in [6.45, 7) is 17.5. The maximum Gasteiger partial charge on any atom is 0.408 e. The van der Waals surface area contributed by atoms with Crippen molar-refractivity contribution in [2.75, 3.05) is 6.61 Å². The Bertz CT molecular complexity index is 1310. The Kier molecular flexibility index (Phi) is 14.4. The van der Waals surface area contributed by atoms with E-state index in [1.807, 2.05) is 56.3 Å². The molecule has 0 radical (unpaired) electrons. The topological polar surface area (TPSA) is 134 Å². The van der Waals surface area contributed by atoms with Crippen molar-refractivity contribution in [3.05, 3.63) is 71.3 Å². The third-order valence-electron chi connectivity index (χ3n) is 7.27. The first-order chi connectivity index (χ1) is 21.8. The number of nitrogens with zero attached hydrogens (tertiary/aromatic N) is 1. The van der Waals surface area contributed by atoms with Crippen LogP contribution in [0.15, 0.2) is 54.6 Å². The minimum atomic E-state index is -1.39. The Morgan fingerprint density at radius 1 is 0.787 bits per heavy atom. The zero-order valence-electron chi connectivity index (χ0n) is 29.8. The Morgan fingerprint density at radius 2 is 1.36 bits per heavy atom. The van der Waals surface area contributed by atoms with Crippen molar-refractivity contribution >= 4 is 23.9 Å². The smallest absolute Gasteiger partial charge is 0.408 e. The van der Waals surface area contributed by atoms with Gasteiger partial charge in [0.2, 0.25) is 11.8 Å². The van der Waals surface area contributed by atoms with Crippen molar-refractivity contribution in [2.45, 2.75) is 124 Å². The zero-order chi connectivity index (χ0) is 35.5. The third kappa shape index (κ3) is 13.4. The lowest BCUT2D eigenvalue weighted by atomic mass is 9.96. The SMILES string of the molecule is Cc1ccc(C(C(=O)NC(Cc2ccccc2)C(=O)OC(C)(C)C)N(C(=O)C(CO)NC(=O)OC(C)(C)C)C(C)CCC(C)C)cc1. The molecule has 0 aliphatic heterocycles. The van der Waals surface area contributed by atoms with Crippen molar-refractivity contribution < 1.29 is 33.8 Å². The lowest BCUT2D eigenvalue weighted by Gasteiger charge is -2.39. The Hall–Kier alpha value is -3.92. The van der Waals surface area contributed by atoms with Crippen LogP contribution >= 0.6 is 0 Å². The van der Waals surface area contributed by atoms with Crippen molar-refractivity contribution in [2.24, 2.45) is 5.92 Å². The Morgan fingerprint density at radius 3 is 1.87 bits per heavy atom. The number of carbonyl (C=O) groups is 4. The van der Waals surface area contributed by atoms with Gasteiger partial charge in [-0.15, -0.1) is 0 Å². The quantitative estimate of drug-likeness (QED) is 0.225. The lowest BCUT2D eigenvalue weighted by molar-refractivity contribution is -0.159. The number of aliphatic hydroxyl groups is 1. The van der Waals surface area contributed by atoms with Crippen molar-refractivity contribution in [1.29, 1.82) is 0 Å². The van der Waals surface area contributed by atoms with Gasteiger partial charge in [-0.1, -0.05) is 74.0 Å². The maximum absolute atomic E-state index is 14.5. The number of rotatable bonds is 14. The Balaban J connectivity index is 2.64. The number of aliphatic hydroxyl groups excluding tert-OH is 1. The number of hydrogen-bond acceptors (Lipinski definition) is 7. The largest absolute Gasteiger partial charge is 0.458 e. The van der Waals surface area contributed by atoms with Gasteiger partial charge in [-0.25, -0.2) is 9.59 Å². The van der Waals surface area contributed by atoms with E-state index in [4.69, 9.17) is 9.47 Å². The number of benzene rings is 2. The average Bonchev–Trinajstić information content (AvgIpc) is 2.96. The lowest BCUT2D eigenvalue weighted by Crippen LogP contribution is -2.58. The number of alkyl carbamates (subject to hydrolysis) is 1. The van der Waals surface area contributed by atoms with Crippen LogP contribution in [0, 0.1) is 12.8 Å². The first kappa shape index (κ1) is 39.3. The molecular weight excluding hydrogens is 598 g/mol. The number of ether oxygens (including phenoxy) is 2. The molecule has 0 fully saturated rings. The molecule has 2 aromatic rings. The first-order valence-corrected chi connectivity index (χ1v) is 16.4. The predicted octanol–water partition coefficient (Wildman–Crippen LogP) is 5.64. The molecule has 3 amide bonds. The molecule has 0 aromatic heterocycles. The molecule has 4 atom stereocenters. The summed E-state index contributed by atoms with van der Waals surface area (Å²) in [5.74, 6) is -1.55. The second kappa shape index (κ2) is 17.3. The highest BCUT2D eigenvalue weighted by Crippen LogP contribution is 2.28. The molecule has 4 unspecified atom stereocenters. The van der Waals surface area contributed by atoms with E-state index in [9.17, 15) is 24.3 Å². The van der Waals surface area contributed by atoms with Crippen LogP contribution in [-0.4, -0.2) is 69.8 Å². The van der Waals surface area contributed by atoms with E-state index in [1.54, 1.807) is 53.7 Å². The van der Waals surface area contributed by atoms with E-state index in [2.05, 4.69) is 24.5 Å². The number of amides is 3. The van der Waals surface area contributed by atoms with Gasteiger partial charge in [0.05, 0.1) is 6.61 Å². The monoisotopic (exact) mass is 653 g/mol. The molecule has 0 bridgehead atoms. The van der Waals surface area contributed by atoms with Gasteiger partial charge in [-0.3, -0.25) is 9.59 Å². The van der Waals surface area contributed by atoms with Gasteiger partial charge in [-0.05, 0) is 85.3 Å². The average molecular weight is 654 g/mol. The van der Waals surface area contributed by atoms with Crippen LogP contribution in [0.3, 0.4) is 0 Å². The van der Waals surface area contributed by atoms with E-state index >= 15 is 0 Å². The van der Waals surface area contributed by atoms with Crippen LogP contribution in [-0.2, 0) is 30.3 Å². The molecule has 2 rings (SSSR count). The second-order valence-electron chi connectivity index (χ2n) is 14.5. The summed E-state index contributed by atoms with van der Waals surface area (Å²) in [6, 6.07) is 12.3. The molecule has 3 N–H and O–H groups in total. The molecule has 0 aliphatic rings. The minimum Gasteiger partial charge on any atom is -0.458 e. The first-order valence-electron chi connectivity index (χ1n) is 16.4. The van der Waals surface area contributed by atoms with Gasteiger partial charge < -0.3 is 30.1 Å². The van der Waals surface area contributed by atoms with Crippen LogP contribution in [0.2, 0.25) is 0 Å². The number of aryl methyl sites for hydroxylation is 1. The van der Waals surface area contributed by atoms with Crippen LogP contribution in [0.4, 0.5) is 4.79 Å². The summed E-state index contributed by atoms with van der Waals surface area (Å²) in [4.78, 5) is 56.5. The fraction of sp³-hybridized carbons (Fsp3) is 0.568. The van der Waals surface area contributed by atoms with Gasteiger partial charge in [0.25, 0.3) is 0 Å². The fourth-order valence-electron chi connectivity index (χ4n) is 4.98. The zero-order valence-corrected chi connectivity index (χ0v) is 29.8. The molecule has 0 saturated heterocycles. The molecule has 0 heterocycles. The number of carbonyl (C=O) groups excluding carboxylic acids is 4. The molecule has 0 spiro atoms. The summed E-state index contributed by atoms with van der Waals surface area (Å²) >= 11 is 0. The number of esters is 1. The van der Waals surface area contributed by atoms with E-state index in [1.165, 1.54) is 4.90 Å². The molecule has 0 aliphatic carbocycles. The molecule has 0 saturated carbocycles. The van der Waals surface area contributed by atoms with Crippen molar-refractivity contribution in [3.63, 3.8) is 0 Å². The number of hydrogen-bond donors (Lipinski definition) is 3. The molecule has 2 aromatic carbocycles. The molecule has 260 valence electrons. The van der Waals surface area contributed by atoms with Crippen LogP contribution < -0.4 is 10.6 Å². The molecule has 47 heavy (non-hydrogen) atoms. The predicted molar refractivity (Wildman–Crippen MR) is 182 cm³/mol. The summed E-state index contributed by atoms with van der Waals surface area (Å²) in [5, 5.41) is 15.7. The minimum absolute atomic E-state index is 0.165. The van der Waals surface area contributed by atoms with E-state index in [0.29, 0.717) is 17.9 Å². The summed E-state index contributed by atoms with van der Waals surface area (Å²) in [7, 11) is 0. The second-order valence-corrected chi connectivity index (χ2v) is 14.5. The molecule has 10 nitrogen and oxygen atoms in total. The van der Waals surface area contributed by atoms with Gasteiger partial charge in [-0.2, -0.15) is 0 Å². The van der Waals surface area contributed by atoms with Gasteiger partial charge >= 0.3 is 12.1 Å². The van der Waals surface area contributed by atoms with Gasteiger partial charge in [0.1, 0.15) is 29.3 Å². The van der Waals surface area contributed by atoms with E-state index in [0.717, 1.165) is 17.5 Å².